The second-order valence-electron chi connectivity index (χ2n) is 9.42. The normalized spacial score (nSPS) is 22.5. The van der Waals surface area contributed by atoms with E-state index in [-0.39, 0.29) is 23.5 Å². The average molecular weight is 657 g/mol. The molecule has 3 amide bonds. The molecule has 2 fully saturated rings. The summed E-state index contributed by atoms with van der Waals surface area (Å²) in [5.41, 5.74) is 4.82. The number of benzene rings is 2. The van der Waals surface area contributed by atoms with Crippen LogP contribution in [-0.4, -0.2) is 61.9 Å². The van der Waals surface area contributed by atoms with Crippen LogP contribution in [0.2, 0.25) is 10.0 Å². The van der Waals surface area contributed by atoms with Crippen LogP contribution >= 0.6 is 50.9 Å². The van der Waals surface area contributed by atoms with E-state index in [9.17, 15) is 24.3 Å². The number of hydrogen-bond acceptors (Lipinski definition) is 6. The van der Waals surface area contributed by atoms with Crippen molar-refractivity contribution in [2.45, 2.75) is 42.1 Å². The maximum Gasteiger partial charge on any atom is 0.352 e. The fourth-order valence-corrected chi connectivity index (χ4v) is 6.99. The van der Waals surface area contributed by atoms with Crippen molar-refractivity contribution in [3.8, 4) is 0 Å². The van der Waals surface area contributed by atoms with Crippen LogP contribution in [0, 0.1) is 0 Å². The second-order valence-corrected chi connectivity index (χ2v) is 12.8. The molecule has 0 bridgehead atoms. The number of fused-ring (bicyclic) bond motifs is 1. The molecule has 2 aliphatic heterocycles. The topological polar surface area (TPSA) is 154 Å². The van der Waals surface area contributed by atoms with E-state index in [4.69, 9.17) is 28.9 Å². The van der Waals surface area contributed by atoms with E-state index in [0.29, 0.717) is 25.6 Å². The van der Waals surface area contributed by atoms with Gasteiger partial charge in [0.05, 0.1) is 31.1 Å². The minimum Gasteiger partial charge on any atom is -0.478 e. The van der Waals surface area contributed by atoms with Crippen LogP contribution in [0.1, 0.15) is 37.4 Å². The molecular formula is C25H24BrCl2N5O5S. The number of aliphatic carboxylic acids is 1. The number of carboxylic acid groups (broad SMARTS) is 1. The minimum atomic E-state index is -2.00. The minimum absolute atomic E-state index is 0.000870. The summed E-state index contributed by atoms with van der Waals surface area (Å²) < 4.78 is -0.561. The molecule has 2 saturated heterocycles. The van der Waals surface area contributed by atoms with Gasteiger partial charge in [0.1, 0.15) is 18.4 Å². The van der Waals surface area contributed by atoms with Gasteiger partial charge in [-0.3, -0.25) is 24.3 Å². The van der Waals surface area contributed by atoms with Crippen LogP contribution in [-0.2, 0) is 19.2 Å². The molecule has 0 saturated carbocycles. The fraction of sp³-hybridized carbons (Fsp3) is 0.320. The number of rotatable bonds is 8. The lowest BCUT2D eigenvalue weighted by Crippen LogP contribution is -2.75. The van der Waals surface area contributed by atoms with E-state index >= 15 is 0 Å². The Hall–Kier alpha value is -2.80. The van der Waals surface area contributed by atoms with Gasteiger partial charge < -0.3 is 21.5 Å². The zero-order valence-corrected chi connectivity index (χ0v) is 24.6. The van der Waals surface area contributed by atoms with Gasteiger partial charge in [0.2, 0.25) is 23.4 Å². The van der Waals surface area contributed by atoms with Gasteiger partial charge >= 0.3 is 5.97 Å². The third kappa shape index (κ3) is 5.34. The third-order valence-electron chi connectivity index (χ3n) is 6.56. The summed E-state index contributed by atoms with van der Waals surface area (Å²) in [7, 11) is 0. The molecule has 0 aliphatic carbocycles. The molecule has 3 atom stereocenters. The van der Waals surface area contributed by atoms with Gasteiger partial charge in [0, 0.05) is 5.56 Å². The Balaban J connectivity index is 1.58. The lowest BCUT2D eigenvalue weighted by Gasteiger charge is -2.46. The predicted molar refractivity (Wildman–Crippen MR) is 153 cm³/mol. The Bertz CT molecular complexity index is 1370. The molecular weight excluding hydrogens is 633 g/mol. The smallest absolute Gasteiger partial charge is 0.352 e. The van der Waals surface area contributed by atoms with Crippen LogP contribution in [0.4, 0.5) is 0 Å². The Kier molecular flexibility index (Phi) is 8.23. The van der Waals surface area contributed by atoms with E-state index in [1.807, 2.05) is 0 Å². The molecule has 0 spiro atoms. The lowest BCUT2D eigenvalue weighted by molar-refractivity contribution is -0.173. The molecule has 2 aromatic rings. The van der Waals surface area contributed by atoms with E-state index in [1.165, 1.54) is 28.8 Å². The highest BCUT2D eigenvalue weighted by atomic mass is 79.9. The average Bonchev–Trinajstić information content (AvgIpc) is 3.06. The molecule has 206 valence electrons. The molecule has 4 rings (SSSR count). The number of aliphatic imine (C=N–C) groups is 1. The molecule has 39 heavy (non-hydrogen) atoms. The van der Waals surface area contributed by atoms with Crippen molar-refractivity contribution in [2.75, 3.05) is 6.54 Å². The highest BCUT2D eigenvalue weighted by Crippen LogP contribution is 2.55. The number of nitrogens with one attached hydrogen (secondary N) is 2. The van der Waals surface area contributed by atoms with Crippen LogP contribution in [0.25, 0.3) is 0 Å². The number of β-lactam (4-membered cyclic amide) rings is 1. The molecule has 10 nitrogen and oxygen atoms in total. The third-order valence-corrected chi connectivity index (χ3v) is 10.00. The number of halogens is 3. The first-order chi connectivity index (χ1) is 18.3. The highest BCUT2D eigenvalue weighted by Gasteiger charge is 2.70. The number of nitrogens with zero attached hydrogens (tertiary/aromatic N) is 2. The molecule has 2 heterocycles. The van der Waals surface area contributed by atoms with Crippen molar-refractivity contribution in [3.05, 3.63) is 68.1 Å². The Morgan fingerprint density at radius 1 is 1.23 bits per heavy atom. The van der Waals surface area contributed by atoms with Gasteiger partial charge in [-0.1, -0.05) is 53.5 Å². The first kappa shape index (κ1) is 29.2. The summed E-state index contributed by atoms with van der Waals surface area (Å²) in [6, 6.07) is 10.1. The van der Waals surface area contributed by atoms with Gasteiger partial charge in [0.25, 0.3) is 0 Å². The zero-order valence-electron chi connectivity index (χ0n) is 20.7. The molecule has 0 aromatic heterocycles. The molecule has 5 N–H and O–H groups in total. The van der Waals surface area contributed by atoms with Gasteiger partial charge in [0.15, 0.2) is 0 Å². The van der Waals surface area contributed by atoms with Crippen molar-refractivity contribution in [1.29, 1.82) is 0 Å². The molecule has 14 heteroatoms. The lowest BCUT2D eigenvalue weighted by atomic mass is 9.89. The van der Waals surface area contributed by atoms with E-state index < -0.39 is 40.8 Å². The van der Waals surface area contributed by atoms with Crippen molar-refractivity contribution in [3.63, 3.8) is 0 Å². The number of amides is 3. The largest absolute Gasteiger partial charge is 0.478 e. The summed E-state index contributed by atoms with van der Waals surface area (Å²) in [6.45, 7) is 2.88. The molecule has 1 unspecified atom stereocenters. The van der Waals surface area contributed by atoms with Gasteiger partial charge in [-0.05, 0) is 47.5 Å². The van der Waals surface area contributed by atoms with E-state index in [1.54, 1.807) is 44.2 Å². The fourth-order valence-electron chi connectivity index (χ4n) is 4.58. The van der Waals surface area contributed by atoms with Gasteiger partial charge in [-0.25, -0.2) is 4.79 Å². The van der Waals surface area contributed by atoms with Crippen LogP contribution in [0.15, 0.2) is 51.9 Å². The number of carbonyl (C=O) groups is 4. The first-order valence-electron chi connectivity index (χ1n) is 11.6. The zero-order chi connectivity index (χ0) is 28.7. The van der Waals surface area contributed by atoms with E-state index in [0.717, 1.165) is 0 Å². The van der Waals surface area contributed by atoms with Crippen molar-refractivity contribution < 1.29 is 24.3 Å². The van der Waals surface area contributed by atoms with Gasteiger partial charge in [-0.2, -0.15) is 0 Å². The van der Waals surface area contributed by atoms with Crippen LogP contribution in [0.3, 0.4) is 0 Å². The Labute approximate surface area is 246 Å². The summed E-state index contributed by atoms with van der Waals surface area (Å²) >= 11 is 16.8. The standard InChI is InChI=1S/C25H24BrCl2N5O5S/c1-24(2)25(23(37)38,33-17(35)10-18(33)39-24)32-22(36)20(12-6-4-3-5-7-12)31-16(34)11-30-21(29)13-8-14(27)19(26)15(28)9-13/h3-9,18,20H,10-11H2,1-2H3,(H2,29,30)(H,31,34)(H,32,36)(H,37,38)/t18-,20?,25+/m1/s1. The number of carboxylic acids is 1. The Morgan fingerprint density at radius 3 is 2.41 bits per heavy atom. The van der Waals surface area contributed by atoms with E-state index in [2.05, 4.69) is 31.6 Å². The molecule has 2 aliphatic rings. The number of nitrogens with two attached hydrogens (primary N) is 1. The highest BCUT2D eigenvalue weighted by molar-refractivity contribution is 9.10. The van der Waals surface area contributed by atoms with Crippen molar-refractivity contribution in [2.24, 2.45) is 10.7 Å². The number of carbonyl (C=O) groups excluding carboxylic acids is 3. The quantitative estimate of drug-likeness (QED) is 0.147. The van der Waals surface area contributed by atoms with Gasteiger partial charge in [-0.15, -0.1) is 11.8 Å². The number of amidine groups is 1. The maximum atomic E-state index is 13.7. The van der Waals surface area contributed by atoms with Crippen molar-refractivity contribution in [1.82, 2.24) is 15.5 Å². The molecule has 0 radical (unpaired) electrons. The first-order valence-corrected chi connectivity index (χ1v) is 14.1. The monoisotopic (exact) mass is 655 g/mol. The summed E-state index contributed by atoms with van der Waals surface area (Å²) in [4.78, 5) is 56.9. The second kappa shape index (κ2) is 11.0. The van der Waals surface area contributed by atoms with Crippen molar-refractivity contribution >= 4 is 80.4 Å². The SMILES string of the molecule is CC1(C)S[C@@H]2CC(=O)N2[C@@]1(NC(=O)C(NC(=O)CN=C(N)c1cc(Cl)c(Br)c(Cl)c1)c1ccccc1)C(=O)O. The summed E-state index contributed by atoms with van der Waals surface area (Å²) in [6.07, 6.45) is 0.187. The summed E-state index contributed by atoms with van der Waals surface area (Å²) in [5, 5.41) is 15.7. The number of hydrogen-bond donors (Lipinski definition) is 4. The maximum absolute atomic E-state index is 13.7. The predicted octanol–water partition coefficient (Wildman–Crippen LogP) is 3.30. The Morgan fingerprint density at radius 2 is 1.85 bits per heavy atom. The molecule has 2 aromatic carbocycles. The van der Waals surface area contributed by atoms with Crippen LogP contribution in [0.5, 0.6) is 0 Å². The number of thioether (sulfide) groups is 1. The van der Waals surface area contributed by atoms with Crippen LogP contribution < -0.4 is 16.4 Å². The summed E-state index contributed by atoms with van der Waals surface area (Å²) in [5.74, 6) is -3.20.